The molecular weight excluding hydrogens is 434 g/mol. The molecule has 0 atom stereocenters. The molecule has 0 spiro atoms. The molecular formula is C26H29N3O5. The number of piperidine rings is 1. The maximum Gasteiger partial charge on any atom is 0.309 e. The van der Waals surface area contributed by atoms with Crippen molar-refractivity contribution in [1.29, 1.82) is 5.26 Å². The van der Waals surface area contributed by atoms with Gasteiger partial charge in [0.1, 0.15) is 12.4 Å². The van der Waals surface area contributed by atoms with E-state index in [-0.39, 0.29) is 36.9 Å². The van der Waals surface area contributed by atoms with Gasteiger partial charge in [-0.1, -0.05) is 24.3 Å². The van der Waals surface area contributed by atoms with Gasteiger partial charge in [-0.15, -0.1) is 0 Å². The molecule has 0 bridgehead atoms. The van der Waals surface area contributed by atoms with Crippen molar-refractivity contribution in [2.24, 2.45) is 5.92 Å². The summed E-state index contributed by atoms with van der Waals surface area (Å²) < 4.78 is 10.9. The molecule has 2 aromatic rings. The van der Waals surface area contributed by atoms with Gasteiger partial charge in [0.05, 0.1) is 30.7 Å². The van der Waals surface area contributed by atoms with Gasteiger partial charge in [-0.2, -0.15) is 5.26 Å². The number of likely N-dealkylation sites (tertiary alicyclic amines) is 1. The molecule has 3 rings (SSSR count). The molecule has 178 valence electrons. The second-order valence-corrected chi connectivity index (χ2v) is 8.15. The van der Waals surface area contributed by atoms with Crippen LogP contribution in [0.3, 0.4) is 0 Å². The largest absolute Gasteiger partial charge is 0.489 e. The van der Waals surface area contributed by atoms with E-state index in [4.69, 9.17) is 9.47 Å². The van der Waals surface area contributed by atoms with Crippen molar-refractivity contribution in [1.82, 2.24) is 9.80 Å². The molecule has 8 heteroatoms. The highest BCUT2D eigenvalue weighted by molar-refractivity contribution is 5.96. The van der Waals surface area contributed by atoms with Crippen LogP contribution >= 0.6 is 0 Å². The zero-order valence-electron chi connectivity index (χ0n) is 19.5. The molecule has 1 aliphatic heterocycles. The highest BCUT2D eigenvalue weighted by atomic mass is 16.5. The third-order valence-corrected chi connectivity index (χ3v) is 5.80. The molecule has 0 aromatic heterocycles. The van der Waals surface area contributed by atoms with Gasteiger partial charge in [0.25, 0.3) is 5.91 Å². The molecule has 34 heavy (non-hydrogen) atoms. The number of hydrogen-bond donors (Lipinski definition) is 0. The maximum absolute atomic E-state index is 12.9. The zero-order valence-corrected chi connectivity index (χ0v) is 19.5. The molecule has 0 aliphatic carbocycles. The van der Waals surface area contributed by atoms with Crippen LogP contribution in [0.2, 0.25) is 0 Å². The molecule has 8 nitrogen and oxygen atoms in total. The lowest BCUT2D eigenvalue weighted by Gasteiger charge is -2.32. The lowest BCUT2D eigenvalue weighted by Crippen LogP contribution is -2.45. The van der Waals surface area contributed by atoms with E-state index in [1.54, 1.807) is 55.3 Å². The first kappa shape index (κ1) is 24.8. The summed E-state index contributed by atoms with van der Waals surface area (Å²) in [5.74, 6) is -0.331. The molecule has 1 fully saturated rings. The highest BCUT2D eigenvalue weighted by Gasteiger charge is 2.29. The van der Waals surface area contributed by atoms with Crippen LogP contribution in [0.15, 0.2) is 48.5 Å². The van der Waals surface area contributed by atoms with Crippen molar-refractivity contribution in [2.75, 3.05) is 33.3 Å². The summed E-state index contributed by atoms with van der Waals surface area (Å²) in [6, 6.07) is 16.1. The average molecular weight is 464 g/mol. The summed E-state index contributed by atoms with van der Waals surface area (Å²) in [5.41, 5.74) is 1.71. The lowest BCUT2D eigenvalue weighted by atomic mass is 9.97. The Balaban J connectivity index is 1.54. The second kappa shape index (κ2) is 11.8. The Morgan fingerprint density at radius 2 is 1.85 bits per heavy atom. The number of carbonyl (C=O) groups excluding carboxylic acids is 3. The Morgan fingerprint density at radius 3 is 2.56 bits per heavy atom. The molecule has 1 aliphatic rings. The topological polar surface area (TPSA) is 99.9 Å². The van der Waals surface area contributed by atoms with Crippen molar-refractivity contribution >= 4 is 17.8 Å². The number of hydrogen-bond acceptors (Lipinski definition) is 6. The van der Waals surface area contributed by atoms with E-state index in [0.29, 0.717) is 49.4 Å². The normalized spacial score (nSPS) is 13.6. The minimum Gasteiger partial charge on any atom is -0.489 e. The summed E-state index contributed by atoms with van der Waals surface area (Å²) in [7, 11) is 1.59. The molecule has 2 aromatic carbocycles. The molecule has 2 amide bonds. The Hall–Kier alpha value is -3.86. The number of benzene rings is 2. The zero-order chi connectivity index (χ0) is 24.5. The fraction of sp³-hybridized carbons (Fsp3) is 0.385. The second-order valence-electron chi connectivity index (χ2n) is 8.15. The van der Waals surface area contributed by atoms with Crippen LogP contribution < -0.4 is 4.74 Å². The fourth-order valence-corrected chi connectivity index (χ4v) is 3.86. The predicted molar refractivity (Wildman–Crippen MR) is 125 cm³/mol. The van der Waals surface area contributed by atoms with Gasteiger partial charge in [-0.05, 0) is 44.0 Å². The lowest BCUT2D eigenvalue weighted by molar-refractivity contribution is -0.151. The van der Waals surface area contributed by atoms with Crippen LogP contribution in [0.1, 0.15) is 41.3 Å². The van der Waals surface area contributed by atoms with Gasteiger partial charge in [0.2, 0.25) is 5.91 Å². The van der Waals surface area contributed by atoms with Crippen LogP contribution in [-0.4, -0.2) is 60.9 Å². The summed E-state index contributed by atoms with van der Waals surface area (Å²) in [5, 5.41) is 9.21. The van der Waals surface area contributed by atoms with E-state index in [1.165, 1.54) is 4.90 Å². The molecule has 0 saturated carbocycles. The van der Waals surface area contributed by atoms with E-state index < -0.39 is 0 Å². The number of esters is 1. The van der Waals surface area contributed by atoms with E-state index in [9.17, 15) is 19.6 Å². The van der Waals surface area contributed by atoms with Gasteiger partial charge in [0, 0.05) is 31.3 Å². The van der Waals surface area contributed by atoms with Crippen LogP contribution in [0.25, 0.3) is 0 Å². The number of nitrogens with zero attached hydrogens (tertiary/aromatic N) is 3. The van der Waals surface area contributed by atoms with Crippen molar-refractivity contribution < 1.29 is 23.9 Å². The Bertz CT molecular complexity index is 1070. The Morgan fingerprint density at radius 1 is 1.12 bits per heavy atom. The van der Waals surface area contributed by atoms with Crippen molar-refractivity contribution in [3.8, 4) is 11.8 Å². The van der Waals surface area contributed by atoms with E-state index in [0.717, 1.165) is 5.56 Å². The first-order valence-electron chi connectivity index (χ1n) is 11.3. The third-order valence-electron chi connectivity index (χ3n) is 5.80. The summed E-state index contributed by atoms with van der Waals surface area (Å²) in [6.45, 7) is 3.22. The van der Waals surface area contributed by atoms with Gasteiger partial charge in [-0.25, -0.2) is 0 Å². The first-order valence-corrected chi connectivity index (χ1v) is 11.3. The quantitative estimate of drug-likeness (QED) is 0.558. The SMILES string of the molecule is CCOC(=O)C1CCN(C(=O)CN(C)C(=O)c2cccc(OCc3ccccc3C#N)c2)CC1. The van der Waals surface area contributed by atoms with Gasteiger partial charge in [-0.3, -0.25) is 14.4 Å². The number of rotatable bonds is 8. The van der Waals surface area contributed by atoms with Gasteiger partial charge >= 0.3 is 5.97 Å². The smallest absolute Gasteiger partial charge is 0.309 e. The van der Waals surface area contributed by atoms with Gasteiger partial charge < -0.3 is 19.3 Å². The van der Waals surface area contributed by atoms with Crippen LogP contribution in [0.4, 0.5) is 0 Å². The summed E-state index contributed by atoms with van der Waals surface area (Å²) in [6.07, 6.45) is 1.13. The molecule has 0 radical (unpaired) electrons. The summed E-state index contributed by atoms with van der Waals surface area (Å²) in [4.78, 5) is 40.5. The minimum absolute atomic E-state index is 0.0520. The highest BCUT2D eigenvalue weighted by Crippen LogP contribution is 2.20. The molecule has 0 unspecified atom stereocenters. The van der Waals surface area contributed by atoms with E-state index >= 15 is 0 Å². The van der Waals surface area contributed by atoms with Crippen molar-refractivity contribution in [2.45, 2.75) is 26.4 Å². The average Bonchev–Trinajstić information content (AvgIpc) is 2.87. The first-order chi connectivity index (χ1) is 16.4. The van der Waals surface area contributed by atoms with E-state index in [1.807, 2.05) is 12.1 Å². The predicted octanol–water partition coefficient (Wildman–Crippen LogP) is 3.01. The minimum atomic E-state index is -0.294. The standard InChI is InChI=1S/C26H29N3O5/c1-3-33-26(32)19-11-13-29(14-12-19)24(30)17-28(2)25(31)20-9-6-10-23(15-20)34-18-22-8-5-4-7-21(22)16-27/h4-10,15,19H,3,11-14,17-18H2,1-2H3. The molecule has 1 saturated heterocycles. The number of carbonyl (C=O) groups is 3. The monoisotopic (exact) mass is 463 g/mol. The number of amides is 2. The molecule has 1 heterocycles. The Kier molecular flexibility index (Phi) is 8.63. The van der Waals surface area contributed by atoms with Crippen molar-refractivity contribution in [3.63, 3.8) is 0 Å². The number of nitriles is 1. The van der Waals surface area contributed by atoms with Crippen LogP contribution in [0.5, 0.6) is 5.75 Å². The van der Waals surface area contributed by atoms with E-state index in [2.05, 4.69) is 6.07 Å². The number of ether oxygens (including phenoxy) is 2. The maximum atomic E-state index is 12.9. The molecule has 0 N–H and O–H groups in total. The van der Waals surface area contributed by atoms with Crippen LogP contribution in [-0.2, 0) is 20.9 Å². The van der Waals surface area contributed by atoms with Crippen LogP contribution in [0, 0.1) is 17.2 Å². The van der Waals surface area contributed by atoms with Crippen molar-refractivity contribution in [3.05, 3.63) is 65.2 Å². The summed E-state index contributed by atoms with van der Waals surface area (Å²) >= 11 is 0. The third kappa shape index (κ3) is 6.35. The van der Waals surface area contributed by atoms with Gasteiger partial charge in [0.15, 0.2) is 0 Å². The number of likely N-dealkylation sites (N-methyl/N-ethyl adjacent to an activating group) is 1. The Labute approximate surface area is 199 Å². The fourth-order valence-electron chi connectivity index (χ4n) is 3.86.